The SMILES string of the molecule is CCCCC(CC)COC1CCCC1NCCC. The zero-order chi connectivity index (χ0) is 13.2. The van der Waals surface area contributed by atoms with Crippen molar-refractivity contribution in [3.05, 3.63) is 0 Å². The van der Waals surface area contributed by atoms with Crippen molar-refractivity contribution in [2.45, 2.75) is 84.3 Å². The lowest BCUT2D eigenvalue weighted by Gasteiger charge is -2.24. The molecule has 0 radical (unpaired) electrons. The van der Waals surface area contributed by atoms with E-state index in [-0.39, 0.29) is 0 Å². The lowest BCUT2D eigenvalue weighted by Crippen LogP contribution is -2.38. The van der Waals surface area contributed by atoms with Gasteiger partial charge in [0.05, 0.1) is 6.10 Å². The zero-order valence-corrected chi connectivity index (χ0v) is 12.7. The van der Waals surface area contributed by atoms with Gasteiger partial charge in [-0.2, -0.15) is 0 Å². The number of rotatable bonds is 10. The normalized spacial score (nSPS) is 25.5. The molecule has 0 aliphatic heterocycles. The fourth-order valence-electron chi connectivity index (χ4n) is 2.85. The molecular formula is C16H33NO. The Labute approximate surface area is 114 Å². The Morgan fingerprint density at radius 1 is 1.17 bits per heavy atom. The lowest BCUT2D eigenvalue weighted by atomic mass is 10.0. The van der Waals surface area contributed by atoms with E-state index in [4.69, 9.17) is 4.74 Å². The molecule has 0 amide bonds. The summed E-state index contributed by atoms with van der Waals surface area (Å²) in [7, 11) is 0. The Hall–Kier alpha value is -0.0800. The maximum atomic E-state index is 6.20. The summed E-state index contributed by atoms with van der Waals surface area (Å²) in [6.45, 7) is 8.92. The number of unbranched alkanes of at least 4 members (excludes halogenated alkanes) is 1. The minimum Gasteiger partial charge on any atom is -0.376 e. The average molecular weight is 255 g/mol. The van der Waals surface area contributed by atoms with E-state index >= 15 is 0 Å². The van der Waals surface area contributed by atoms with Crippen molar-refractivity contribution >= 4 is 0 Å². The molecule has 1 N–H and O–H groups in total. The fraction of sp³-hybridized carbons (Fsp3) is 1.00. The molecule has 1 aliphatic rings. The number of nitrogens with one attached hydrogen (secondary N) is 1. The average Bonchev–Trinajstić information content (AvgIpc) is 2.84. The van der Waals surface area contributed by atoms with Gasteiger partial charge in [-0.05, 0) is 44.6 Å². The first-order valence-corrected chi connectivity index (χ1v) is 8.16. The van der Waals surface area contributed by atoms with E-state index in [1.807, 2.05) is 0 Å². The molecule has 18 heavy (non-hydrogen) atoms. The van der Waals surface area contributed by atoms with Gasteiger partial charge in [0, 0.05) is 12.6 Å². The highest BCUT2D eigenvalue weighted by Gasteiger charge is 2.27. The summed E-state index contributed by atoms with van der Waals surface area (Å²) in [5.41, 5.74) is 0. The summed E-state index contributed by atoms with van der Waals surface area (Å²) in [4.78, 5) is 0. The summed E-state index contributed by atoms with van der Waals surface area (Å²) < 4.78 is 6.20. The number of ether oxygens (including phenoxy) is 1. The van der Waals surface area contributed by atoms with Crippen LogP contribution in [0.2, 0.25) is 0 Å². The van der Waals surface area contributed by atoms with Crippen LogP contribution in [-0.2, 0) is 4.74 Å². The van der Waals surface area contributed by atoms with Crippen molar-refractivity contribution in [3.63, 3.8) is 0 Å². The van der Waals surface area contributed by atoms with Gasteiger partial charge in [0.15, 0.2) is 0 Å². The fourth-order valence-corrected chi connectivity index (χ4v) is 2.85. The van der Waals surface area contributed by atoms with Crippen molar-refractivity contribution < 1.29 is 4.74 Å². The monoisotopic (exact) mass is 255 g/mol. The first-order chi connectivity index (χ1) is 8.81. The second-order valence-electron chi connectivity index (χ2n) is 5.78. The van der Waals surface area contributed by atoms with E-state index in [0.29, 0.717) is 12.1 Å². The van der Waals surface area contributed by atoms with Gasteiger partial charge in [0.2, 0.25) is 0 Å². The standard InChI is InChI=1S/C16H33NO/c1-4-7-9-14(6-3)13-18-16-11-8-10-15(16)17-12-5-2/h14-17H,4-13H2,1-3H3. The van der Waals surface area contributed by atoms with E-state index < -0.39 is 0 Å². The van der Waals surface area contributed by atoms with Crippen LogP contribution in [0.5, 0.6) is 0 Å². The summed E-state index contributed by atoms with van der Waals surface area (Å²) >= 11 is 0. The molecule has 2 nitrogen and oxygen atoms in total. The highest BCUT2D eigenvalue weighted by molar-refractivity contribution is 4.84. The smallest absolute Gasteiger partial charge is 0.0728 e. The van der Waals surface area contributed by atoms with E-state index in [9.17, 15) is 0 Å². The highest BCUT2D eigenvalue weighted by Crippen LogP contribution is 2.24. The van der Waals surface area contributed by atoms with Crippen LogP contribution in [0.3, 0.4) is 0 Å². The maximum Gasteiger partial charge on any atom is 0.0728 e. The first-order valence-electron chi connectivity index (χ1n) is 8.16. The van der Waals surface area contributed by atoms with Crippen molar-refractivity contribution in [2.75, 3.05) is 13.2 Å². The van der Waals surface area contributed by atoms with Crippen LogP contribution in [0.15, 0.2) is 0 Å². The van der Waals surface area contributed by atoms with E-state index in [2.05, 4.69) is 26.1 Å². The molecule has 108 valence electrons. The Kier molecular flexibility index (Phi) is 8.70. The van der Waals surface area contributed by atoms with Crippen molar-refractivity contribution in [3.8, 4) is 0 Å². The largest absolute Gasteiger partial charge is 0.376 e. The second kappa shape index (κ2) is 9.80. The predicted molar refractivity (Wildman–Crippen MR) is 79.0 cm³/mol. The van der Waals surface area contributed by atoms with Crippen LogP contribution in [0.25, 0.3) is 0 Å². The van der Waals surface area contributed by atoms with Crippen molar-refractivity contribution in [1.82, 2.24) is 5.32 Å². The molecule has 1 saturated carbocycles. The Morgan fingerprint density at radius 2 is 2.00 bits per heavy atom. The molecule has 0 saturated heterocycles. The van der Waals surface area contributed by atoms with Crippen LogP contribution in [-0.4, -0.2) is 25.3 Å². The molecule has 0 bridgehead atoms. The molecule has 0 spiro atoms. The lowest BCUT2D eigenvalue weighted by molar-refractivity contribution is 0.0150. The minimum atomic E-state index is 0.479. The Bertz CT molecular complexity index is 196. The highest BCUT2D eigenvalue weighted by atomic mass is 16.5. The predicted octanol–water partition coefficient (Wildman–Crippen LogP) is 4.14. The topological polar surface area (TPSA) is 21.3 Å². The van der Waals surface area contributed by atoms with Crippen LogP contribution in [0.4, 0.5) is 0 Å². The molecule has 1 aliphatic carbocycles. The number of hydrogen-bond donors (Lipinski definition) is 1. The van der Waals surface area contributed by atoms with Crippen LogP contribution in [0.1, 0.15) is 72.1 Å². The minimum absolute atomic E-state index is 0.479. The Balaban J connectivity index is 2.22. The third-order valence-corrected chi connectivity index (χ3v) is 4.20. The maximum absolute atomic E-state index is 6.20. The van der Waals surface area contributed by atoms with E-state index in [1.54, 1.807) is 0 Å². The molecule has 3 unspecified atom stereocenters. The van der Waals surface area contributed by atoms with E-state index in [1.165, 1.54) is 51.4 Å². The summed E-state index contributed by atoms with van der Waals surface area (Å²) in [6.07, 6.45) is 10.8. The molecule has 2 heteroatoms. The second-order valence-corrected chi connectivity index (χ2v) is 5.78. The summed E-state index contributed by atoms with van der Waals surface area (Å²) in [5, 5.41) is 3.64. The van der Waals surface area contributed by atoms with Gasteiger partial charge in [-0.3, -0.25) is 0 Å². The third kappa shape index (κ3) is 5.71. The van der Waals surface area contributed by atoms with Crippen LogP contribution >= 0.6 is 0 Å². The molecule has 0 aromatic heterocycles. The Morgan fingerprint density at radius 3 is 2.67 bits per heavy atom. The molecule has 1 fully saturated rings. The molecule has 0 aromatic rings. The van der Waals surface area contributed by atoms with Crippen LogP contribution in [0, 0.1) is 5.92 Å². The van der Waals surface area contributed by atoms with Gasteiger partial charge >= 0.3 is 0 Å². The zero-order valence-electron chi connectivity index (χ0n) is 12.7. The summed E-state index contributed by atoms with van der Waals surface area (Å²) in [6, 6.07) is 0.619. The molecule has 3 atom stereocenters. The third-order valence-electron chi connectivity index (χ3n) is 4.20. The summed E-state index contributed by atoms with van der Waals surface area (Å²) in [5.74, 6) is 0.775. The first kappa shape index (κ1) is 16.0. The van der Waals surface area contributed by atoms with Gasteiger partial charge in [0.1, 0.15) is 0 Å². The van der Waals surface area contributed by atoms with Gasteiger partial charge in [-0.1, -0.05) is 40.0 Å². The molecular weight excluding hydrogens is 222 g/mol. The van der Waals surface area contributed by atoms with Gasteiger partial charge in [0.25, 0.3) is 0 Å². The molecule has 1 rings (SSSR count). The van der Waals surface area contributed by atoms with Gasteiger partial charge in [-0.15, -0.1) is 0 Å². The number of hydrogen-bond acceptors (Lipinski definition) is 2. The van der Waals surface area contributed by atoms with Crippen molar-refractivity contribution in [1.29, 1.82) is 0 Å². The quantitative estimate of drug-likeness (QED) is 0.633. The molecule has 0 aromatic carbocycles. The van der Waals surface area contributed by atoms with Crippen molar-refractivity contribution in [2.24, 2.45) is 5.92 Å². The van der Waals surface area contributed by atoms with Gasteiger partial charge in [-0.25, -0.2) is 0 Å². The van der Waals surface area contributed by atoms with Gasteiger partial charge < -0.3 is 10.1 Å². The van der Waals surface area contributed by atoms with E-state index in [0.717, 1.165) is 19.1 Å². The van der Waals surface area contributed by atoms with Crippen LogP contribution < -0.4 is 5.32 Å². The molecule has 0 heterocycles.